The lowest BCUT2D eigenvalue weighted by molar-refractivity contribution is 0.257. The fraction of sp³-hybridized carbons (Fsp3) is 0.667. The van der Waals surface area contributed by atoms with Gasteiger partial charge in [-0.15, -0.1) is 0 Å². The molecule has 1 aliphatic heterocycles. The molecule has 1 aliphatic rings. The lowest BCUT2D eigenvalue weighted by Crippen LogP contribution is -2.47. The molecule has 17 heavy (non-hydrogen) atoms. The first-order valence-electron chi connectivity index (χ1n) is 6.32. The topological polar surface area (TPSA) is 58.3 Å². The molecule has 1 saturated heterocycles. The molecule has 0 unspecified atom stereocenters. The number of nitrogens with zero attached hydrogens (tertiary/aromatic N) is 4. The first-order chi connectivity index (χ1) is 8.35. The van der Waals surface area contributed by atoms with Gasteiger partial charge in [-0.05, 0) is 13.0 Å². The van der Waals surface area contributed by atoms with E-state index in [1.807, 2.05) is 0 Å². The van der Waals surface area contributed by atoms with Gasteiger partial charge in [0.15, 0.2) is 5.82 Å². The smallest absolute Gasteiger partial charge is 0.151 e. The third kappa shape index (κ3) is 2.92. The van der Waals surface area contributed by atoms with Gasteiger partial charge in [0, 0.05) is 45.1 Å². The summed E-state index contributed by atoms with van der Waals surface area (Å²) in [6, 6.07) is 0. The van der Waals surface area contributed by atoms with E-state index >= 15 is 0 Å². The molecule has 0 radical (unpaired) electrons. The summed E-state index contributed by atoms with van der Waals surface area (Å²) >= 11 is 0. The molecular weight excluding hydrogens is 214 g/mol. The molecule has 2 rings (SSSR count). The molecule has 94 valence electrons. The van der Waals surface area contributed by atoms with Crippen LogP contribution in [-0.2, 0) is 6.54 Å². The summed E-state index contributed by atoms with van der Waals surface area (Å²) in [7, 11) is 0. The maximum absolute atomic E-state index is 5.69. The molecule has 0 amide bonds. The van der Waals surface area contributed by atoms with Crippen LogP contribution in [0.25, 0.3) is 0 Å². The third-order valence-electron chi connectivity index (χ3n) is 3.16. The number of rotatable bonds is 4. The Morgan fingerprint density at radius 3 is 2.53 bits per heavy atom. The highest BCUT2D eigenvalue weighted by atomic mass is 15.3. The average Bonchev–Trinajstić information content (AvgIpc) is 2.40. The SMILES string of the molecule is CCCN1CCN(c2nccnc2CN)CC1. The molecule has 0 spiro atoms. The molecule has 0 atom stereocenters. The first kappa shape index (κ1) is 12.3. The summed E-state index contributed by atoms with van der Waals surface area (Å²) in [6.07, 6.45) is 4.67. The summed E-state index contributed by atoms with van der Waals surface area (Å²) in [5.74, 6) is 0.964. The van der Waals surface area contributed by atoms with Crippen molar-refractivity contribution in [1.29, 1.82) is 0 Å². The van der Waals surface area contributed by atoms with Crippen molar-refractivity contribution in [3.05, 3.63) is 18.1 Å². The zero-order valence-electron chi connectivity index (χ0n) is 10.5. The van der Waals surface area contributed by atoms with E-state index in [4.69, 9.17) is 5.73 Å². The van der Waals surface area contributed by atoms with Crippen LogP contribution in [0.5, 0.6) is 0 Å². The molecule has 5 nitrogen and oxygen atoms in total. The van der Waals surface area contributed by atoms with Crippen LogP contribution >= 0.6 is 0 Å². The second-order valence-electron chi connectivity index (χ2n) is 4.36. The number of aromatic nitrogens is 2. The predicted octanol–water partition coefficient (Wildman–Crippen LogP) is 0.467. The van der Waals surface area contributed by atoms with Gasteiger partial charge in [-0.2, -0.15) is 0 Å². The third-order valence-corrected chi connectivity index (χ3v) is 3.16. The summed E-state index contributed by atoms with van der Waals surface area (Å²) in [5.41, 5.74) is 6.59. The minimum Gasteiger partial charge on any atom is -0.353 e. The highest BCUT2D eigenvalue weighted by Crippen LogP contribution is 2.16. The lowest BCUT2D eigenvalue weighted by atomic mass is 10.2. The van der Waals surface area contributed by atoms with E-state index in [1.165, 1.54) is 13.0 Å². The molecule has 0 saturated carbocycles. The fourth-order valence-electron chi connectivity index (χ4n) is 2.27. The van der Waals surface area contributed by atoms with Gasteiger partial charge in [-0.25, -0.2) is 4.98 Å². The Kier molecular flexibility index (Phi) is 4.28. The van der Waals surface area contributed by atoms with Crippen LogP contribution in [0.2, 0.25) is 0 Å². The second-order valence-corrected chi connectivity index (χ2v) is 4.36. The highest BCUT2D eigenvalue weighted by molar-refractivity contribution is 5.43. The van der Waals surface area contributed by atoms with Crippen LogP contribution in [0, 0.1) is 0 Å². The summed E-state index contributed by atoms with van der Waals surface area (Å²) in [6.45, 7) is 8.12. The Morgan fingerprint density at radius 1 is 1.18 bits per heavy atom. The van der Waals surface area contributed by atoms with Gasteiger partial charge >= 0.3 is 0 Å². The van der Waals surface area contributed by atoms with Crippen LogP contribution in [0.15, 0.2) is 12.4 Å². The highest BCUT2D eigenvalue weighted by Gasteiger charge is 2.19. The normalized spacial score (nSPS) is 17.4. The van der Waals surface area contributed by atoms with Crippen LogP contribution in [0.1, 0.15) is 19.0 Å². The van der Waals surface area contributed by atoms with Crippen molar-refractivity contribution in [2.45, 2.75) is 19.9 Å². The quantitative estimate of drug-likeness (QED) is 0.822. The van der Waals surface area contributed by atoms with E-state index in [-0.39, 0.29) is 0 Å². The van der Waals surface area contributed by atoms with Crippen molar-refractivity contribution >= 4 is 5.82 Å². The largest absolute Gasteiger partial charge is 0.353 e. The van der Waals surface area contributed by atoms with Gasteiger partial charge < -0.3 is 10.6 Å². The number of nitrogens with two attached hydrogens (primary N) is 1. The summed E-state index contributed by atoms with van der Waals surface area (Å²) < 4.78 is 0. The maximum Gasteiger partial charge on any atom is 0.151 e. The molecule has 1 aromatic heterocycles. The van der Waals surface area contributed by atoms with E-state index in [2.05, 4.69) is 26.7 Å². The molecule has 1 aromatic rings. The predicted molar refractivity (Wildman–Crippen MR) is 68.9 cm³/mol. The number of hydrogen-bond acceptors (Lipinski definition) is 5. The Labute approximate surface area is 103 Å². The van der Waals surface area contributed by atoms with Crippen LogP contribution in [0.4, 0.5) is 5.82 Å². The molecule has 2 heterocycles. The minimum absolute atomic E-state index is 0.457. The lowest BCUT2D eigenvalue weighted by Gasteiger charge is -2.35. The van der Waals surface area contributed by atoms with Crippen molar-refractivity contribution in [3.8, 4) is 0 Å². The van der Waals surface area contributed by atoms with Crippen molar-refractivity contribution in [2.24, 2.45) is 5.73 Å². The molecule has 2 N–H and O–H groups in total. The minimum atomic E-state index is 0.457. The van der Waals surface area contributed by atoms with Crippen molar-refractivity contribution in [3.63, 3.8) is 0 Å². The fourth-order valence-corrected chi connectivity index (χ4v) is 2.27. The maximum atomic E-state index is 5.69. The standard InChI is InChI=1S/C12H21N5/c1-2-5-16-6-8-17(9-7-16)12-11(10-13)14-3-4-15-12/h3-4H,2,5-10,13H2,1H3. The Hall–Kier alpha value is -1.20. The molecule has 1 fully saturated rings. The zero-order chi connectivity index (χ0) is 12.1. The Bertz CT molecular complexity index is 347. The van der Waals surface area contributed by atoms with Gasteiger partial charge in [0.2, 0.25) is 0 Å². The molecule has 0 aliphatic carbocycles. The monoisotopic (exact) mass is 235 g/mol. The zero-order valence-corrected chi connectivity index (χ0v) is 10.5. The van der Waals surface area contributed by atoms with Crippen molar-refractivity contribution in [2.75, 3.05) is 37.6 Å². The molecule has 0 aromatic carbocycles. The van der Waals surface area contributed by atoms with Gasteiger partial charge in [0.05, 0.1) is 5.69 Å². The van der Waals surface area contributed by atoms with Crippen LogP contribution in [-0.4, -0.2) is 47.6 Å². The molecular formula is C12H21N5. The van der Waals surface area contributed by atoms with E-state index in [9.17, 15) is 0 Å². The van der Waals surface area contributed by atoms with Gasteiger partial charge in [-0.1, -0.05) is 6.92 Å². The van der Waals surface area contributed by atoms with Gasteiger partial charge in [0.1, 0.15) is 0 Å². The molecule has 0 bridgehead atoms. The number of anilines is 1. The average molecular weight is 235 g/mol. The van der Waals surface area contributed by atoms with E-state index in [0.29, 0.717) is 6.54 Å². The van der Waals surface area contributed by atoms with Crippen molar-refractivity contribution < 1.29 is 0 Å². The Morgan fingerprint density at radius 2 is 1.88 bits per heavy atom. The summed E-state index contributed by atoms with van der Waals surface area (Å²) in [5, 5.41) is 0. The Balaban J connectivity index is 2.00. The molecule has 5 heteroatoms. The van der Waals surface area contributed by atoms with Crippen LogP contribution < -0.4 is 10.6 Å². The van der Waals surface area contributed by atoms with E-state index in [1.54, 1.807) is 12.4 Å². The number of piperazine rings is 1. The van der Waals surface area contributed by atoms with E-state index in [0.717, 1.165) is 37.7 Å². The first-order valence-corrected chi connectivity index (χ1v) is 6.32. The summed E-state index contributed by atoms with van der Waals surface area (Å²) in [4.78, 5) is 13.5. The van der Waals surface area contributed by atoms with Crippen molar-refractivity contribution in [1.82, 2.24) is 14.9 Å². The number of hydrogen-bond donors (Lipinski definition) is 1. The second kappa shape index (κ2) is 5.93. The van der Waals surface area contributed by atoms with Gasteiger partial charge in [-0.3, -0.25) is 9.88 Å². The van der Waals surface area contributed by atoms with Gasteiger partial charge in [0.25, 0.3) is 0 Å². The van der Waals surface area contributed by atoms with Crippen LogP contribution in [0.3, 0.4) is 0 Å². The van der Waals surface area contributed by atoms with E-state index < -0.39 is 0 Å².